The Bertz CT molecular complexity index is 1300. The molecule has 1 unspecified atom stereocenters. The normalized spacial score (nSPS) is 13.1. The quantitative estimate of drug-likeness (QED) is 0.493. The number of aryl methyl sites for hydroxylation is 1. The lowest BCUT2D eigenvalue weighted by Crippen LogP contribution is -2.41. The molecule has 8 nitrogen and oxygen atoms in total. The summed E-state index contributed by atoms with van der Waals surface area (Å²) < 4.78 is 56.1. The lowest BCUT2D eigenvalue weighted by atomic mass is 10.1. The highest BCUT2D eigenvalue weighted by Gasteiger charge is 2.28. The molecule has 3 rings (SSSR count). The zero-order valence-corrected chi connectivity index (χ0v) is 20.2. The molecule has 0 bridgehead atoms. The fourth-order valence-electron chi connectivity index (χ4n) is 3.20. The van der Waals surface area contributed by atoms with Crippen molar-refractivity contribution in [3.63, 3.8) is 0 Å². The van der Waals surface area contributed by atoms with Gasteiger partial charge in [0.2, 0.25) is 15.9 Å². The van der Waals surface area contributed by atoms with Gasteiger partial charge in [-0.15, -0.1) is 0 Å². The molecule has 0 aliphatic heterocycles. The van der Waals surface area contributed by atoms with Gasteiger partial charge in [0.1, 0.15) is 5.76 Å². The number of hydrogen-bond donors (Lipinski definition) is 1. The Labute approximate surface area is 194 Å². The van der Waals surface area contributed by atoms with Gasteiger partial charge in [-0.25, -0.2) is 16.8 Å². The van der Waals surface area contributed by atoms with Gasteiger partial charge in [-0.3, -0.25) is 4.79 Å². The number of sulfone groups is 1. The molecule has 0 radical (unpaired) electrons. The van der Waals surface area contributed by atoms with Crippen LogP contribution in [0.15, 0.2) is 81.1 Å². The van der Waals surface area contributed by atoms with Crippen molar-refractivity contribution in [2.24, 2.45) is 0 Å². The summed E-state index contributed by atoms with van der Waals surface area (Å²) in [5, 5.41) is 2.77. The van der Waals surface area contributed by atoms with Crippen LogP contribution in [0.25, 0.3) is 0 Å². The summed E-state index contributed by atoms with van der Waals surface area (Å²) in [6, 6.07) is 15.4. The predicted octanol–water partition coefficient (Wildman–Crippen LogP) is 3.06. The van der Waals surface area contributed by atoms with Crippen molar-refractivity contribution in [1.29, 1.82) is 0 Å². The molecule has 1 heterocycles. The Balaban J connectivity index is 1.77. The molecule has 10 heteroatoms. The van der Waals surface area contributed by atoms with Crippen LogP contribution in [0.2, 0.25) is 0 Å². The molecule has 0 aliphatic carbocycles. The van der Waals surface area contributed by atoms with Crippen molar-refractivity contribution in [3.8, 4) is 0 Å². The molecule has 0 saturated carbocycles. The van der Waals surface area contributed by atoms with E-state index in [0.717, 1.165) is 16.1 Å². The van der Waals surface area contributed by atoms with Crippen molar-refractivity contribution in [1.82, 2.24) is 9.62 Å². The first-order chi connectivity index (χ1) is 15.5. The first-order valence-corrected chi connectivity index (χ1v) is 13.5. The predicted molar refractivity (Wildman–Crippen MR) is 124 cm³/mol. The number of hydrogen-bond acceptors (Lipinski definition) is 6. The highest BCUT2D eigenvalue weighted by atomic mass is 32.2. The standard InChI is InChI=1S/C23H26N2O6S2/c1-17-6-10-22(11-7-17)33(29,30)25(15-20-5-4-14-31-20)16-23(26)24-18(2)19-8-12-21(13-9-19)32(3,27)28/h4-14,18H,15-16H2,1-3H3,(H,24,26). The Morgan fingerprint density at radius 3 is 2.12 bits per heavy atom. The number of furan rings is 1. The average Bonchev–Trinajstić information content (AvgIpc) is 3.26. The second-order valence-electron chi connectivity index (χ2n) is 7.80. The van der Waals surface area contributed by atoms with Crippen LogP contribution in [0.1, 0.15) is 29.9 Å². The SMILES string of the molecule is Cc1ccc(S(=O)(=O)N(CC(=O)NC(C)c2ccc(S(C)(=O)=O)cc2)Cc2ccco2)cc1. The summed E-state index contributed by atoms with van der Waals surface area (Å²) in [5.74, 6) is -0.0974. The Hall–Kier alpha value is -2.95. The molecule has 1 N–H and O–H groups in total. The van der Waals surface area contributed by atoms with E-state index in [1.54, 1.807) is 43.3 Å². The minimum absolute atomic E-state index is 0.0804. The summed E-state index contributed by atoms with van der Waals surface area (Å²) in [4.78, 5) is 13.0. The molecule has 0 fully saturated rings. The second kappa shape index (κ2) is 9.90. The number of amides is 1. The molecular weight excluding hydrogens is 464 g/mol. The molecule has 0 saturated heterocycles. The lowest BCUT2D eigenvalue weighted by Gasteiger charge is -2.22. The van der Waals surface area contributed by atoms with Crippen LogP contribution in [0, 0.1) is 6.92 Å². The van der Waals surface area contributed by atoms with Crippen molar-refractivity contribution in [2.75, 3.05) is 12.8 Å². The molecular formula is C23H26N2O6S2. The lowest BCUT2D eigenvalue weighted by molar-refractivity contribution is -0.122. The zero-order chi connectivity index (χ0) is 24.2. The summed E-state index contributed by atoms with van der Waals surface area (Å²) in [6.07, 6.45) is 2.56. The molecule has 1 aromatic heterocycles. The van der Waals surface area contributed by atoms with Crippen molar-refractivity contribution in [2.45, 2.75) is 36.2 Å². The van der Waals surface area contributed by atoms with Gasteiger partial charge < -0.3 is 9.73 Å². The highest BCUT2D eigenvalue weighted by molar-refractivity contribution is 7.90. The zero-order valence-electron chi connectivity index (χ0n) is 18.6. The minimum atomic E-state index is -3.97. The number of nitrogens with zero attached hydrogens (tertiary/aromatic N) is 1. The molecule has 0 spiro atoms. The van der Waals surface area contributed by atoms with E-state index in [9.17, 15) is 21.6 Å². The van der Waals surface area contributed by atoms with Crippen LogP contribution in [0.5, 0.6) is 0 Å². The van der Waals surface area contributed by atoms with Crippen LogP contribution in [0.4, 0.5) is 0 Å². The Morgan fingerprint density at radius 1 is 0.970 bits per heavy atom. The summed E-state index contributed by atoms with van der Waals surface area (Å²) in [5.41, 5.74) is 1.61. The maximum atomic E-state index is 13.2. The molecule has 1 amide bonds. The van der Waals surface area contributed by atoms with Gasteiger partial charge in [-0.05, 0) is 55.8 Å². The summed E-state index contributed by atoms with van der Waals surface area (Å²) in [7, 11) is -7.29. The van der Waals surface area contributed by atoms with Crippen molar-refractivity contribution < 1.29 is 26.0 Å². The first kappa shape index (κ1) is 24.7. The summed E-state index contributed by atoms with van der Waals surface area (Å²) >= 11 is 0. The average molecular weight is 491 g/mol. The Morgan fingerprint density at radius 2 is 1.58 bits per heavy atom. The number of nitrogens with one attached hydrogen (secondary N) is 1. The van der Waals surface area contributed by atoms with Crippen LogP contribution in [0.3, 0.4) is 0 Å². The third-order valence-corrected chi connectivity index (χ3v) is 8.01. The van der Waals surface area contributed by atoms with Crippen molar-refractivity contribution in [3.05, 3.63) is 83.8 Å². The molecule has 176 valence electrons. The topological polar surface area (TPSA) is 114 Å². The number of benzene rings is 2. The van der Waals surface area contributed by atoms with E-state index in [1.165, 1.54) is 30.5 Å². The molecule has 1 atom stereocenters. The van der Waals surface area contributed by atoms with Gasteiger partial charge in [0.25, 0.3) is 0 Å². The molecule has 0 aliphatic rings. The molecule has 3 aromatic rings. The second-order valence-corrected chi connectivity index (χ2v) is 11.7. The van der Waals surface area contributed by atoms with Gasteiger partial charge in [0, 0.05) is 6.26 Å². The Kier molecular flexibility index (Phi) is 7.41. The number of rotatable bonds is 9. The van der Waals surface area contributed by atoms with E-state index in [4.69, 9.17) is 4.42 Å². The summed E-state index contributed by atoms with van der Waals surface area (Å²) in [6.45, 7) is 3.07. The van der Waals surface area contributed by atoms with Crippen molar-refractivity contribution >= 4 is 25.8 Å². The fourth-order valence-corrected chi connectivity index (χ4v) is 5.19. The first-order valence-electron chi connectivity index (χ1n) is 10.2. The molecule has 33 heavy (non-hydrogen) atoms. The van der Waals surface area contributed by atoms with E-state index >= 15 is 0 Å². The van der Waals surface area contributed by atoms with Crippen LogP contribution in [-0.2, 0) is 31.2 Å². The van der Waals surface area contributed by atoms with E-state index < -0.39 is 38.4 Å². The molecule has 2 aromatic carbocycles. The van der Waals surface area contributed by atoms with E-state index in [0.29, 0.717) is 11.3 Å². The largest absolute Gasteiger partial charge is 0.468 e. The third-order valence-electron chi connectivity index (χ3n) is 5.08. The van der Waals surface area contributed by atoms with Gasteiger partial charge in [-0.2, -0.15) is 4.31 Å². The van der Waals surface area contributed by atoms with E-state index in [1.807, 2.05) is 6.92 Å². The van der Waals surface area contributed by atoms with Crippen LogP contribution in [-0.4, -0.2) is 39.8 Å². The maximum absolute atomic E-state index is 13.2. The van der Waals surface area contributed by atoms with Crippen LogP contribution >= 0.6 is 0 Å². The number of sulfonamides is 1. The van der Waals surface area contributed by atoms with Gasteiger partial charge in [0.15, 0.2) is 9.84 Å². The highest BCUT2D eigenvalue weighted by Crippen LogP contribution is 2.20. The third kappa shape index (κ3) is 6.31. The number of carbonyl (C=O) groups excluding carboxylic acids is 1. The van der Waals surface area contributed by atoms with E-state index in [-0.39, 0.29) is 16.3 Å². The van der Waals surface area contributed by atoms with Crippen LogP contribution < -0.4 is 5.32 Å². The van der Waals surface area contributed by atoms with Gasteiger partial charge in [-0.1, -0.05) is 29.8 Å². The fraction of sp³-hybridized carbons (Fsp3) is 0.261. The van der Waals surface area contributed by atoms with Gasteiger partial charge >= 0.3 is 0 Å². The van der Waals surface area contributed by atoms with Gasteiger partial charge in [0.05, 0.1) is 35.2 Å². The number of carbonyl (C=O) groups is 1. The smallest absolute Gasteiger partial charge is 0.243 e. The van der Waals surface area contributed by atoms with E-state index in [2.05, 4.69) is 5.32 Å². The minimum Gasteiger partial charge on any atom is -0.468 e. The monoisotopic (exact) mass is 490 g/mol. The maximum Gasteiger partial charge on any atom is 0.243 e.